The number of hydrogen-bond donors (Lipinski definition) is 1. The van der Waals surface area contributed by atoms with Crippen molar-refractivity contribution in [3.63, 3.8) is 0 Å². The molecular formula is C15H19ClN4. The minimum Gasteiger partial charge on any atom is -0.337 e. The number of nitrogens with zero attached hydrogens (tertiary/aromatic N) is 3. The van der Waals surface area contributed by atoms with Gasteiger partial charge in [0.2, 0.25) is 0 Å². The lowest BCUT2D eigenvalue weighted by molar-refractivity contribution is 0.148. The van der Waals surface area contributed by atoms with Gasteiger partial charge >= 0.3 is 0 Å². The third-order valence-corrected chi connectivity index (χ3v) is 4.23. The summed E-state index contributed by atoms with van der Waals surface area (Å²) in [4.78, 5) is 6.87. The molecule has 1 N–H and O–H groups in total. The van der Waals surface area contributed by atoms with Crippen LogP contribution in [0.1, 0.15) is 17.4 Å². The Morgan fingerprint density at radius 1 is 1.40 bits per heavy atom. The zero-order valence-electron chi connectivity index (χ0n) is 11.6. The van der Waals surface area contributed by atoms with Gasteiger partial charge in [0.15, 0.2) is 0 Å². The fraction of sp³-hybridized carbons (Fsp3) is 0.400. The highest BCUT2D eigenvalue weighted by Gasteiger charge is 2.26. The molecular weight excluding hydrogens is 272 g/mol. The van der Waals surface area contributed by atoms with Crippen molar-refractivity contribution < 1.29 is 0 Å². The number of nitrogens with one attached hydrogen (secondary N) is 1. The second-order valence-corrected chi connectivity index (χ2v) is 5.57. The number of hydrogen-bond acceptors (Lipinski definition) is 3. The number of halogens is 1. The molecule has 1 aromatic carbocycles. The molecule has 3 rings (SSSR count). The van der Waals surface area contributed by atoms with Gasteiger partial charge in [-0.05, 0) is 11.6 Å². The Hall–Kier alpha value is -1.36. The van der Waals surface area contributed by atoms with Gasteiger partial charge in [-0.1, -0.05) is 29.8 Å². The van der Waals surface area contributed by atoms with Crippen LogP contribution in [0.2, 0.25) is 5.02 Å². The normalized spacial score (nSPS) is 20.2. The Kier molecular flexibility index (Phi) is 4.05. The van der Waals surface area contributed by atoms with E-state index in [-0.39, 0.29) is 0 Å². The summed E-state index contributed by atoms with van der Waals surface area (Å²) in [5.41, 5.74) is 1.19. The van der Waals surface area contributed by atoms with Gasteiger partial charge in [0.05, 0.1) is 6.54 Å². The van der Waals surface area contributed by atoms with Crippen molar-refractivity contribution in [2.24, 2.45) is 7.05 Å². The lowest BCUT2D eigenvalue weighted by Gasteiger charge is -2.36. The first-order valence-electron chi connectivity index (χ1n) is 6.91. The van der Waals surface area contributed by atoms with E-state index in [1.54, 1.807) is 0 Å². The summed E-state index contributed by atoms with van der Waals surface area (Å²) in [7, 11) is 2.04. The van der Waals surface area contributed by atoms with E-state index in [1.807, 2.05) is 31.6 Å². The summed E-state index contributed by atoms with van der Waals surface area (Å²) in [5, 5.41) is 4.30. The largest absolute Gasteiger partial charge is 0.337 e. The van der Waals surface area contributed by atoms with Crippen molar-refractivity contribution in [1.82, 2.24) is 19.8 Å². The molecule has 1 aromatic heterocycles. The minimum atomic E-state index is 0.300. The molecule has 4 nitrogen and oxygen atoms in total. The standard InChI is InChI=1S/C15H19ClN4/c1-19-8-7-18-15(19)11-20-9-6-17-10-14(20)12-4-2-3-5-13(12)16/h2-5,7-8,14,17H,6,9-11H2,1H3. The third kappa shape index (κ3) is 2.73. The predicted molar refractivity (Wildman–Crippen MR) is 80.7 cm³/mol. The van der Waals surface area contributed by atoms with Crippen molar-refractivity contribution in [2.75, 3.05) is 19.6 Å². The molecule has 106 valence electrons. The monoisotopic (exact) mass is 290 g/mol. The second kappa shape index (κ2) is 5.95. The fourth-order valence-corrected chi connectivity index (χ4v) is 2.98. The second-order valence-electron chi connectivity index (χ2n) is 5.17. The number of piperazine rings is 1. The lowest BCUT2D eigenvalue weighted by atomic mass is 10.0. The molecule has 1 saturated heterocycles. The number of aryl methyl sites for hydroxylation is 1. The SMILES string of the molecule is Cn1ccnc1CN1CCNCC1c1ccccc1Cl. The molecule has 0 bridgehead atoms. The summed E-state index contributed by atoms with van der Waals surface area (Å²) in [5.74, 6) is 1.09. The molecule has 1 unspecified atom stereocenters. The third-order valence-electron chi connectivity index (χ3n) is 3.88. The smallest absolute Gasteiger partial charge is 0.122 e. The van der Waals surface area contributed by atoms with Gasteiger partial charge in [0.1, 0.15) is 5.82 Å². The van der Waals surface area contributed by atoms with Crippen LogP contribution in [-0.4, -0.2) is 34.1 Å². The van der Waals surface area contributed by atoms with E-state index in [1.165, 1.54) is 5.56 Å². The van der Waals surface area contributed by atoms with E-state index in [0.29, 0.717) is 6.04 Å². The van der Waals surface area contributed by atoms with Gasteiger partial charge in [-0.3, -0.25) is 4.90 Å². The number of aromatic nitrogens is 2. The molecule has 0 amide bonds. The van der Waals surface area contributed by atoms with Gasteiger partial charge in [-0.2, -0.15) is 0 Å². The van der Waals surface area contributed by atoms with Crippen LogP contribution in [0.5, 0.6) is 0 Å². The van der Waals surface area contributed by atoms with Crippen LogP contribution < -0.4 is 5.32 Å². The van der Waals surface area contributed by atoms with E-state index in [4.69, 9.17) is 11.6 Å². The highest BCUT2D eigenvalue weighted by Crippen LogP contribution is 2.29. The number of rotatable bonds is 3. The summed E-state index contributed by atoms with van der Waals surface area (Å²) in [6, 6.07) is 8.41. The first-order valence-corrected chi connectivity index (χ1v) is 7.29. The molecule has 2 aromatic rings. The molecule has 1 aliphatic rings. The predicted octanol–water partition coefficient (Wildman–Crippen LogP) is 2.22. The molecule has 1 aliphatic heterocycles. The first-order chi connectivity index (χ1) is 9.75. The highest BCUT2D eigenvalue weighted by atomic mass is 35.5. The maximum atomic E-state index is 6.36. The zero-order valence-corrected chi connectivity index (χ0v) is 12.3. The molecule has 2 heterocycles. The first kappa shape index (κ1) is 13.6. The maximum Gasteiger partial charge on any atom is 0.122 e. The molecule has 1 atom stereocenters. The van der Waals surface area contributed by atoms with Gasteiger partial charge in [0, 0.05) is 50.1 Å². The Bertz CT molecular complexity index is 581. The fourth-order valence-electron chi connectivity index (χ4n) is 2.72. The van der Waals surface area contributed by atoms with E-state index < -0.39 is 0 Å². The van der Waals surface area contributed by atoms with Gasteiger partial charge in [-0.15, -0.1) is 0 Å². The van der Waals surface area contributed by atoms with E-state index in [2.05, 4.69) is 31.9 Å². The highest BCUT2D eigenvalue weighted by molar-refractivity contribution is 6.31. The van der Waals surface area contributed by atoms with Crippen molar-refractivity contribution in [3.05, 3.63) is 53.1 Å². The summed E-state index contributed by atoms with van der Waals surface area (Å²) < 4.78 is 2.08. The summed E-state index contributed by atoms with van der Waals surface area (Å²) >= 11 is 6.36. The molecule has 5 heteroatoms. The molecule has 20 heavy (non-hydrogen) atoms. The minimum absolute atomic E-state index is 0.300. The Balaban J connectivity index is 1.84. The van der Waals surface area contributed by atoms with Crippen LogP contribution in [0.3, 0.4) is 0 Å². The van der Waals surface area contributed by atoms with Crippen molar-refractivity contribution in [2.45, 2.75) is 12.6 Å². The number of benzene rings is 1. The van der Waals surface area contributed by atoms with E-state index >= 15 is 0 Å². The zero-order chi connectivity index (χ0) is 13.9. The maximum absolute atomic E-state index is 6.36. The van der Waals surface area contributed by atoms with Crippen molar-refractivity contribution in [3.8, 4) is 0 Å². The van der Waals surface area contributed by atoms with Crippen molar-refractivity contribution >= 4 is 11.6 Å². The van der Waals surface area contributed by atoms with Gasteiger partial charge < -0.3 is 9.88 Å². The van der Waals surface area contributed by atoms with Crippen molar-refractivity contribution in [1.29, 1.82) is 0 Å². The lowest BCUT2D eigenvalue weighted by Crippen LogP contribution is -2.45. The Morgan fingerprint density at radius 2 is 2.25 bits per heavy atom. The van der Waals surface area contributed by atoms with Crippen LogP contribution in [0.25, 0.3) is 0 Å². The average molecular weight is 291 g/mol. The molecule has 0 aliphatic carbocycles. The summed E-state index contributed by atoms with van der Waals surface area (Å²) in [6.07, 6.45) is 3.84. The topological polar surface area (TPSA) is 33.1 Å². The average Bonchev–Trinajstić information content (AvgIpc) is 2.86. The molecule has 1 fully saturated rings. The Labute approximate surface area is 124 Å². The molecule has 0 saturated carbocycles. The molecule has 0 radical (unpaired) electrons. The van der Waals surface area contributed by atoms with E-state index in [9.17, 15) is 0 Å². The molecule has 0 spiro atoms. The van der Waals surface area contributed by atoms with Crippen LogP contribution in [0, 0.1) is 0 Å². The van der Waals surface area contributed by atoms with Crippen LogP contribution in [0.15, 0.2) is 36.7 Å². The van der Waals surface area contributed by atoms with E-state index in [0.717, 1.165) is 37.0 Å². The number of imidazole rings is 1. The van der Waals surface area contributed by atoms with Crippen LogP contribution in [-0.2, 0) is 13.6 Å². The summed E-state index contributed by atoms with van der Waals surface area (Å²) in [6.45, 7) is 3.78. The van der Waals surface area contributed by atoms with Gasteiger partial charge in [-0.25, -0.2) is 4.98 Å². The Morgan fingerprint density at radius 3 is 3.00 bits per heavy atom. The quantitative estimate of drug-likeness (QED) is 0.941. The van der Waals surface area contributed by atoms with Gasteiger partial charge in [0.25, 0.3) is 0 Å². The van der Waals surface area contributed by atoms with Crippen LogP contribution >= 0.6 is 11.6 Å². The van der Waals surface area contributed by atoms with Crippen LogP contribution in [0.4, 0.5) is 0 Å².